The van der Waals surface area contributed by atoms with E-state index in [2.05, 4.69) is 21.0 Å². The summed E-state index contributed by atoms with van der Waals surface area (Å²) in [4.78, 5) is 0. The molecule has 2 aromatic rings. The predicted octanol–water partition coefficient (Wildman–Crippen LogP) is 2.91. The molecule has 0 saturated carbocycles. The molecule has 0 fully saturated rings. The third kappa shape index (κ3) is 2.47. The lowest BCUT2D eigenvalue weighted by molar-refractivity contribution is 0.616. The van der Waals surface area contributed by atoms with Crippen molar-refractivity contribution in [2.75, 3.05) is 0 Å². The van der Waals surface area contributed by atoms with E-state index in [-0.39, 0.29) is 5.82 Å². The van der Waals surface area contributed by atoms with E-state index in [0.29, 0.717) is 17.6 Å². The Bertz CT molecular complexity index is 578. The van der Waals surface area contributed by atoms with Gasteiger partial charge in [-0.25, -0.2) is 4.39 Å². The second-order valence-electron chi connectivity index (χ2n) is 4.26. The number of hydrogen-bond donors (Lipinski definition) is 1. The Hall–Kier alpha value is -1.20. The minimum absolute atomic E-state index is 0.255. The minimum atomic E-state index is -0.255. The van der Waals surface area contributed by atoms with Crippen LogP contribution < -0.4 is 5.73 Å². The fourth-order valence-corrected chi connectivity index (χ4v) is 2.42. The molecular formula is C13H15BrFN3. The Labute approximate surface area is 114 Å². The number of nitrogens with zero attached hydrogens (tertiary/aromatic N) is 2. The zero-order valence-corrected chi connectivity index (χ0v) is 12.0. The lowest BCUT2D eigenvalue weighted by Crippen LogP contribution is -2.05. The Morgan fingerprint density at radius 3 is 2.67 bits per heavy atom. The lowest BCUT2D eigenvalue weighted by atomic mass is 10.2. The minimum Gasteiger partial charge on any atom is -0.326 e. The molecular weight excluding hydrogens is 297 g/mol. The van der Waals surface area contributed by atoms with Crippen molar-refractivity contribution in [3.63, 3.8) is 0 Å². The fourth-order valence-electron chi connectivity index (χ4n) is 1.99. The summed E-state index contributed by atoms with van der Waals surface area (Å²) >= 11 is 3.19. The highest BCUT2D eigenvalue weighted by Crippen LogP contribution is 2.19. The van der Waals surface area contributed by atoms with Crippen LogP contribution in [0.4, 0.5) is 4.39 Å². The Morgan fingerprint density at radius 2 is 2.11 bits per heavy atom. The van der Waals surface area contributed by atoms with Crippen molar-refractivity contribution in [2.24, 2.45) is 5.73 Å². The van der Waals surface area contributed by atoms with Crippen molar-refractivity contribution in [3.05, 3.63) is 51.0 Å². The van der Waals surface area contributed by atoms with Crippen LogP contribution in [0.25, 0.3) is 0 Å². The molecule has 1 aromatic heterocycles. The number of benzene rings is 1. The van der Waals surface area contributed by atoms with Gasteiger partial charge in [0.15, 0.2) is 0 Å². The molecule has 2 N–H and O–H groups in total. The summed E-state index contributed by atoms with van der Waals surface area (Å²) in [6.07, 6.45) is 0. The number of halogens is 2. The van der Waals surface area contributed by atoms with Crippen molar-refractivity contribution < 1.29 is 4.39 Å². The molecule has 0 aliphatic carbocycles. The SMILES string of the molecule is Cc1nn(Cc2ccc(F)c(Br)c2)c(C)c1CN. The van der Waals surface area contributed by atoms with Crippen LogP contribution in [0.1, 0.15) is 22.5 Å². The van der Waals surface area contributed by atoms with E-state index in [1.165, 1.54) is 6.07 Å². The molecule has 3 nitrogen and oxygen atoms in total. The van der Waals surface area contributed by atoms with Crippen LogP contribution in [0.5, 0.6) is 0 Å². The molecule has 2 rings (SSSR count). The highest BCUT2D eigenvalue weighted by molar-refractivity contribution is 9.10. The second kappa shape index (κ2) is 5.20. The van der Waals surface area contributed by atoms with E-state index in [9.17, 15) is 4.39 Å². The molecule has 1 aromatic carbocycles. The van der Waals surface area contributed by atoms with E-state index < -0.39 is 0 Å². The Balaban J connectivity index is 2.31. The Kier molecular flexibility index (Phi) is 3.82. The molecule has 0 bridgehead atoms. The van der Waals surface area contributed by atoms with Gasteiger partial charge in [0.2, 0.25) is 0 Å². The third-order valence-electron chi connectivity index (χ3n) is 3.05. The molecule has 5 heteroatoms. The number of nitrogens with two attached hydrogens (primary N) is 1. The van der Waals surface area contributed by atoms with Crippen LogP contribution in [0.3, 0.4) is 0 Å². The van der Waals surface area contributed by atoms with Crippen LogP contribution in [0.15, 0.2) is 22.7 Å². The first-order valence-electron chi connectivity index (χ1n) is 5.69. The first-order valence-corrected chi connectivity index (χ1v) is 6.49. The molecule has 0 spiro atoms. The average molecular weight is 312 g/mol. The van der Waals surface area contributed by atoms with E-state index in [0.717, 1.165) is 22.5 Å². The fraction of sp³-hybridized carbons (Fsp3) is 0.308. The van der Waals surface area contributed by atoms with Crippen molar-refractivity contribution in [1.29, 1.82) is 0 Å². The number of aromatic nitrogens is 2. The molecule has 0 amide bonds. The van der Waals surface area contributed by atoms with Gasteiger partial charge in [-0.05, 0) is 47.5 Å². The number of hydrogen-bond acceptors (Lipinski definition) is 2. The van der Waals surface area contributed by atoms with E-state index in [1.54, 1.807) is 12.1 Å². The maximum atomic E-state index is 13.2. The molecule has 0 aliphatic heterocycles. The standard InChI is InChI=1S/C13H15BrFN3/c1-8-11(6-16)9(2)18(17-8)7-10-3-4-13(15)12(14)5-10/h3-5H,6-7,16H2,1-2H3. The summed E-state index contributed by atoms with van der Waals surface area (Å²) in [5.74, 6) is -0.255. The van der Waals surface area contributed by atoms with E-state index in [4.69, 9.17) is 5.73 Å². The van der Waals surface area contributed by atoms with E-state index in [1.807, 2.05) is 18.5 Å². The summed E-state index contributed by atoms with van der Waals surface area (Å²) in [6.45, 7) is 5.06. The monoisotopic (exact) mass is 311 g/mol. The van der Waals surface area contributed by atoms with Crippen molar-refractivity contribution in [3.8, 4) is 0 Å². The normalized spacial score (nSPS) is 10.9. The number of aryl methyl sites for hydroxylation is 1. The van der Waals surface area contributed by atoms with Gasteiger partial charge in [-0.1, -0.05) is 6.07 Å². The van der Waals surface area contributed by atoms with Crippen LogP contribution >= 0.6 is 15.9 Å². The van der Waals surface area contributed by atoms with Gasteiger partial charge >= 0.3 is 0 Å². The zero-order valence-electron chi connectivity index (χ0n) is 10.4. The lowest BCUT2D eigenvalue weighted by Gasteiger charge is -2.06. The van der Waals surface area contributed by atoms with Crippen molar-refractivity contribution in [2.45, 2.75) is 26.9 Å². The number of rotatable bonds is 3. The van der Waals surface area contributed by atoms with Crippen molar-refractivity contribution in [1.82, 2.24) is 9.78 Å². The maximum absolute atomic E-state index is 13.2. The van der Waals surface area contributed by atoms with Gasteiger partial charge < -0.3 is 5.73 Å². The van der Waals surface area contributed by atoms with Gasteiger partial charge in [-0.15, -0.1) is 0 Å². The molecule has 0 aliphatic rings. The first-order chi connectivity index (χ1) is 8.52. The maximum Gasteiger partial charge on any atom is 0.137 e. The first kappa shape index (κ1) is 13.2. The summed E-state index contributed by atoms with van der Waals surface area (Å²) in [6, 6.07) is 4.99. The van der Waals surface area contributed by atoms with Crippen LogP contribution in [-0.2, 0) is 13.1 Å². The van der Waals surface area contributed by atoms with Crippen LogP contribution in [-0.4, -0.2) is 9.78 Å². The molecule has 1 heterocycles. The van der Waals surface area contributed by atoms with Gasteiger partial charge in [0, 0.05) is 17.8 Å². The zero-order chi connectivity index (χ0) is 13.3. The van der Waals surface area contributed by atoms with Crippen LogP contribution in [0, 0.1) is 19.7 Å². The van der Waals surface area contributed by atoms with Crippen molar-refractivity contribution >= 4 is 15.9 Å². The van der Waals surface area contributed by atoms with E-state index >= 15 is 0 Å². The van der Waals surface area contributed by atoms with Gasteiger partial charge in [-0.3, -0.25) is 4.68 Å². The second-order valence-corrected chi connectivity index (χ2v) is 5.11. The summed E-state index contributed by atoms with van der Waals surface area (Å²) in [5, 5.41) is 4.46. The van der Waals surface area contributed by atoms with Crippen LogP contribution in [0.2, 0.25) is 0 Å². The van der Waals surface area contributed by atoms with Gasteiger partial charge in [0.05, 0.1) is 16.7 Å². The third-order valence-corrected chi connectivity index (χ3v) is 3.66. The molecule has 0 unspecified atom stereocenters. The van der Waals surface area contributed by atoms with Gasteiger partial charge in [-0.2, -0.15) is 5.10 Å². The quantitative estimate of drug-likeness (QED) is 0.947. The molecule has 0 saturated heterocycles. The largest absolute Gasteiger partial charge is 0.326 e. The molecule has 18 heavy (non-hydrogen) atoms. The molecule has 96 valence electrons. The highest BCUT2D eigenvalue weighted by atomic mass is 79.9. The van der Waals surface area contributed by atoms with Gasteiger partial charge in [0.25, 0.3) is 0 Å². The summed E-state index contributed by atoms with van der Waals surface area (Å²) in [5.41, 5.74) is 9.79. The average Bonchev–Trinajstić information content (AvgIpc) is 2.59. The van der Waals surface area contributed by atoms with Gasteiger partial charge in [0.1, 0.15) is 5.82 Å². The predicted molar refractivity (Wildman–Crippen MR) is 72.8 cm³/mol. The smallest absolute Gasteiger partial charge is 0.137 e. The summed E-state index contributed by atoms with van der Waals surface area (Å²) in [7, 11) is 0. The molecule has 0 radical (unpaired) electrons. The Morgan fingerprint density at radius 1 is 1.39 bits per heavy atom. The highest BCUT2D eigenvalue weighted by Gasteiger charge is 2.10. The topological polar surface area (TPSA) is 43.8 Å². The summed E-state index contributed by atoms with van der Waals surface area (Å²) < 4.78 is 15.5. The molecule has 0 atom stereocenters.